The Morgan fingerprint density at radius 3 is 2.76 bits per heavy atom. The summed E-state index contributed by atoms with van der Waals surface area (Å²) < 4.78 is 0. The van der Waals surface area contributed by atoms with Crippen molar-refractivity contribution >= 4 is 17.5 Å². The first-order valence-electron chi connectivity index (χ1n) is 7.59. The van der Waals surface area contributed by atoms with E-state index in [2.05, 4.69) is 10.6 Å². The van der Waals surface area contributed by atoms with Gasteiger partial charge < -0.3 is 15.5 Å². The largest absolute Gasteiger partial charge is 0.385 e. The van der Waals surface area contributed by atoms with E-state index in [0.717, 1.165) is 30.6 Å². The SMILES string of the molecule is CCN(CC)C(=O)CNC(=O)c1cccc2c1CCCN2. The molecule has 0 saturated heterocycles. The number of carbonyl (C=O) groups excluding carboxylic acids is 2. The van der Waals surface area contributed by atoms with Crippen LogP contribution >= 0.6 is 0 Å². The molecule has 0 bridgehead atoms. The zero-order chi connectivity index (χ0) is 15.2. The lowest BCUT2D eigenvalue weighted by Gasteiger charge is -2.21. The minimum Gasteiger partial charge on any atom is -0.385 e. The summed E-state index contributed by atoms with van der Waals surface area (Å²) in [5, 5.41) is 6.04. The Morgan fingerprint density at radius 1 is 1.29 bits per heavy atom. The monoisotopic (exact) mass is 289 g/mol. The molecular weight excluding hydrogens is 266 g/mol. The number of nitrogens with zero attached hydrogens (tertiary/aromatic N) is 1. The summed E-state index contributed by atoms with van der Waals surface area (Å²) in [5.74, 6) is -0.215. The first kappa shape index (κ1) is 15.4. The van der Waals surface area contributed by atoms with E-state index in [1.165, 1.54) is 0 Å². The van der Waals surface area contributed by atoms with Crippen molar-refractivity contribution in [3.05, 3.63) is 29.3 Å². The van der Waals surface area contributed by atoms with Crippen molar-refractivity contribution in [1.82, 2.24) is 10.2 Å². The molecule has 5 nitrogen and oxygen atoms in total. The molecule has 1 aromatic carbocycles. The number of nitrogens with one attached hydrogen (secondary N) is 2. The van der Waals surface area contributed by atoms with Crippen molar-refractivity contribution in [2.75, 3.05) is 31.5 Å². The lowest BCUT2D eigenvalue weighted by atomic mass is 9.97. The molecule has 0 aromatic heterocycles. The molecule has 21 heavy (non-hydrogen) atoms. The molecule has 5 heteroatoms. The Morgan fingerprint density at radius 2 is 2.05 bits per heavy atom. The quantitative estimate of drug-likeness (QED) is 0.866. The van der Waals surface area contributed by atoms with Gasteiger partial charge in [-0.05, 0) is 44.4 Å². The van der Waals surface area contributed by atoms with E-state index in [1.807, 2.05) is 32.0 Å². The van der Waals surface area contributed by atoms with Gasteiger partial charge in [0, 0.05) is 30.9 Å². The van der Waals surface area contributed by atoms with Gasteiger partial charge in [-0.3, -0.25) is 9.59 Å². The maximum absolute atomic E-state index is 12.3. The number of amides is 2. The Bertz CT molecular complexity index is 524. The fraction of sp³-hybridized carbons (Fsp3) is 0.500. The highest BCUT2D eigenvalue weighted by Crippen LogP contribution is 2.25. The molecule has 0 aliphatic carbocycles. The van der Waals surface area contributed by atoms with Crippen molar-refractivity contribution in [1.29, 1.82) is 0 Å². The highest BCUT2D eigenvalue weighted by atomic mass is 16.2. The van der Waals surface area contributed by atoms with Gasteiger partial charge in [0.05, 0.1) is 6.54 Å². The number of carbonyl (C=O) groups is 2. The molecule has 0 saturated carbocycles. The highest BCUT2D eigenvalue weighted by molar-refractivity contribution is 5.99. The van der Waals surface area contributed by atoms with Crippen LogP contribution in [0.4, 0.5) is 5.69 Å². The molecule has 2 amide bonds. The Hall–Kier alpha value is -2.04. The van der Waals surface area contributed by atoms with Gasteiger partial charge >= 0.3 is 0 Å². The summed E-state index contributed by atoms with van der Waals surface area (Å²) in [4.78, 5) is 26.0. The topological polar surface area (TPSA) is 61.4 Å². The summed E-state index contributed by atoms with van der Waals surface area (Å²) in [6.07, 6.45) is 1.92. The fourth-order valence-electron chi connectivity index (χ4n) is 2.66. The van der Waals surface area contributed by atoms with Crippen LogP contribution in [0, 0.1) is 0 Å². The Kier molecular flexibility index (Phi) is 5.20. The zero-order valence-electron chi connectivity index (χ0n) is 12.7. The van der Waals surface area contributed by atoms with Crippen molar-refractivity contribution in [2.45, 2.75) is 26.7 Å². The third-order valence-electron chi connectivity index (χ3n) is 3.86. The normalized spacial score (nSPS) is 13.0. The maximum Gasteiger partial charge on any atom is 0.252 e. The van der Waals surface area contributed by atoms with Crippen LogP contribution in [0.25, 0.3) is 0 Å². The molecule has 2 N–H and O–H groups in total. The smallest absolute Gasteiger partial charge is 0.252 e. The van der Waals surface area contributed by atoms with Crippen molar-refractivity contribution in [3.63, 3.8) is 0 Å². The van der Waals surface area contributed by atoms with Gasteiger partial charge in [0.1, 0.15) is 0 Å². The predicted octanol–water partition coefficient (Wildman–Crippen LogP) is 1.64. The number of rotatable bonds is 5. The van der Waals surface area contributed by atoms with Gasteiger partial charge in [-0.25, -0.2) is 0 Å². The lowest BCUT2D eigenvalue weighted by molar-refractivity contribution is -0.129. The van der Waals surface area contributed by atoms with E-state index in [9.17, 15) is 9.59 Å². The van der Waals surface area contributed by atoms with E-state index in [0.29, 0.717) is 18.7 Å². The molecule has 1 aromatic rings. The molecule has 1 heterocycles. The third-order valence-corrected chi connectivity index (χ3v) is 3.86. The molecule has 0 unspecified atom stereocenters. The van der Waals surface area contributed by atoms with Gasteiger partial charge in [-0.1, -0.05) is 6.07 Å². The van der Waals surface area contributed by atoms with Crippen molar-refractivity contribution < 1.29 is 9.59 Å². The minimum atomic E-state index is -0.170. The second-order valence-corrected chi connectivity index (χ2v) is 5.11. The first-order valence-corrected chi connectivity index (χ1v) is 7.59. The van der Waals surface area contributed by atoms with Crippen LogP contribution in [-0.4, -0.2) is 42.9 Å². The van der Waals surface area contributed by atoms with Crippen LogP contribution in [-0.2, 0) is 11.2 Å². The average Bonchev–Trinajstić information content (AvgIpc) is 2.53. The summed E-state index contributed by atoms with van der Waals surface area (Å²) in [6, 6.07) is 5.69. The number of fused-ring (bicyclic) bond motifs is 1. The molecule has 1 aliphatic heterocycles. The Labute approximate surface area is 125 Å². The van der Waals surface area contributed by atoms with E-state index >= 15 is 0 Å². The van der Waals surface area contributed by atoms with E-state index in [4.69, 9.17) is 0 Å². The van der Waals surface area contributed by atoms with Crippen LogP contribution in [0.2, 0.25) is 0 Å². The van der Waals surface area contributed by atoms with Crippen LogP contribution < -0.4 is 10.6 Å². The van der Waals surface area contributed by atoms with E-state index < -0.39 is 0 Å². The van der Waals surface area contributed by atoms with Gasteiger partial charge in [0.15, 0.2) is 0 Å². The molecular formula is C16H23N3O2. The average molecular weight is 289 g/mol. The summed E-state index contributed by atoms with van der Waals surface area (Å²) >= 11 is 0. The number of benzene rings is 1. The molecule has 0 fully saturated rings. The second kappa shape index (κ2) is 7.11. The van der Waals surface area contributed by atoms with Gasteiger partial charge in [-0.2, -0.15) is 0 Å². The summed E-state index contributed by atoms with van der Waals surface area (Å²) in [6.45, 7) is 6.19. The van der Waals surface area contributed by atoms with E-state index in [-0.39, 0.29) is 18.4 Å². The van der Waals surface area contributed by atoms with Gasteiger partial charge in [0.2, 0.25) is 5.91 Å². The van der Waals surface area contributed by atoms with E-state index in [1.54, 1.807) is 4.90 Å². The molecule has 0 radical (unpaired) electrons. The van der Waals surface area contributed by atoms with Crippen LogP contribution in [0.3, 0.4) is 0 Å². The Balaban J connectivity index is 2.03. The van der Waals surface area contributed by atoms with Crippen LogP contribution in [0.1, 0.15) is 36.2 Å². The van der Waals surface area contributed by atoms with Gasteiger partial charge in [0.25, 0.3) is 5.91 Å². The second-order valence-electron chi connectivity index (χ2n) is 5.11. The predicted molar refractivity (Wildman–Crippen MR) is 83.5 cm³/mol. The van der Waals surface area contributed by atoms with Crippen molar-refractivity contribution in [3.8, 4) is 0 Å². The van der Waals surface area contributed by atoms with Crippen LogP contribution in [0.5, 0.6) is 0 Å². The number of likely N-dealkylation sites (N-methyl/N-ethyl adjacent to an activating group) is 1. The summed E-state index contributed by atoms with van der Waals surface area (Å²) in [5.41, 5.74) is 2.76. The molecule has 1 aliphatic rings. The first-order chi connectivity index (χ1) is 10.2. The molecule has 0 spiro atoms. The van der Waals surface area contributed by atoms with Crippen LogP contribution in [0.15, 0.2) is 18.2 Å². The number of hydrogen-bond donors (Lipinski definition) is 2. The van der Waals surface area contributed by atoms with Crippen molar-refractivity contribution in [2.24, 2.45) is 0 Å². The molecule has 2 rings (SSSR count). The fourth-order valence-corrected chi connectivity index (χ4v) is 2.66. The minimum absolute atomic E-state index is 0.0451. The number of hydrogen-bond acceptors (Lipinski definition) is 3. The molecule has 0 atom stereocenters. The standard InChI is InChI=1S/C16H23N3O2/c1-3-19(4-2)15(20)11-18-16(21)13-7-5-9-14-12(13)8-6-10-17-14/h5,7,9,17H,3-4,6,8,10-11H2,1-2H3,(H,18,21). The summed E-state index contributed by atoms with van der Waals surface area (Å²) in [7, 11) is 0. The third kappa shape index (κ3) is 3.54. The lowest BCUT2D eigenvalue weighted by Crippen LogP contribution is -2.40. The molecule has 114 valence electrons. The number of anilines is 1. The highest BCUT2D eigenvalue weighted by Gasteiger charge is 2.18. The van der Waals surface area contributed by atoms with Gasteiger partial charge in [-0.15, -0.1) is 0 Å². The zero-order valence-corrected chi connectivity index (χ0v) is 12.7. The maximum atomic E-state index is 12.3.